The molecule has 0 bridgehead atoms. The number of rotatable bonds is 2. The zero-order valence-corrected chi connectivity index (χ0v) is 12.5. The Morgan fingerprint density at radius 1 is 1.41 bits per heavy atom. The van der Waals surface area contributed by atoms with Gasteiger partial charge in [-0.1, -0.05) is 17.3 Å². The maximum atomic E-state index is 12.9. The number of aromatic nitrogens is 2. The predicted octanol–water partition coefficient (Wildman–Crippen LogP) is 1.48. The summed E-state index contributed by atoms with van der Waals surface area (Å²) in [7, 11) is 0. The first-order valence-corrected chi connectivity index (χ1v) is 7.65. The average Bonchev–Trinajstić information content (AvgIpc) is 2.95. The first kappa shape index (κ1) is 13.5. The fourth-order valence-corrected chi connectivity index (χ4v) is 3.37. The molecule has 2 saturated heterocycles. The van der Waals surface area contributed by atoms with Crippen LogP contribution < -0.4 is 5.32 Å². The molecule has 2 fully saturated rings. The van der Waals surface area contributed by atoms with Crippen molar-refractivity contribution in [2.75, 3.05) is 19.6 Å². The van der Waals surface area contributed by atoms with Gasteiger partial charge in [-0.2, -0.15) is 4.98 Å². The lowest BCUT2D eigenvalue weighted by molar-refractivity contribution is 0.00285. The summed E-state index contributed by atoms with van der Waals surface area (Å²) in [5, 5.41) is 7.18. The van der Waals surface area contributed by atoms with E-state index in [1.54, 1.807) is 6.92 Å². The quantitative estimate of drug-likeness (QED) is 0.909. The second-order valence-electron chi connectivity index (χ2n) is 5.97. The summed E-state index contributed by atoms with van der Waals surface area (Å²) in [6, 6.07) is 7.76. The van der Waals surface area contributed by atoms with Crippen LogP contribution in [-0.4, -0.2) is 46.6 Å². The molecule has 0 radical (unpaired) electrons. The van der Waals surface area contributed by atoms with E-state index in [-0.39, 0.29) is 5.91 Å². The average molecular weight is 298 g/mol. The molecule has 2 aliphatic rings. The zero-order chi connectivity index (χ0) is 15.1. The maximum absolute atomic E-state index is 12.9. The van der Waals surface area contributed by atoms with Crippen LogP contribution in [0.2, 0.25) is 0 Å². The number of amides is 1. The van der Waals surface area contributed by atoms with E-state index < -0.39 is 0 Å². The van der Waals surface area contributed by atoms with Gasteiger partial charge in [0, 0.05) is 19.1 Å². The lowest BCUT2D eigenvalue weighted by atomic mass is 9.82. The van der Waals surface area contributed by atoms with Crippen LogP contribution in [0.25, 0.3) is 11.5 Å². The van der Waals surface area contributed by atoms with Crippen molar-refractivity contribution in [3.05, 3.63) is 35.7 Å². The summed E-state index contributed by atoms with van der Waals surface area (Å²) < 4.78 is 5.23. The van der Waals surface area contributed by atoms with E-state index in [1.165, 1.54) is 0 Å². The van der Waals surface area contributed by atoms with E-state index in [2.05, 4.69) is 15.5 Å². The molecular formula is C16H18N4O2. The molecule has 0 saturated carbocycles. The SMILES string of the molecule is Cc1noc(-c2ccccc2C(=O)N2C[C@H]3CCNC[C@H]32)n1. The third kappa shape index (κ3) is 2.11. The zero-order valence-electron chi connectivity index (χ0n) is 12.5. The van der Waals surface area contributed by atoms with Crippen molar-refractivity contribution >= 4 is 5.91 Å². The van der Waals surface area contributed by atoms with Crippen molar-refractivity contribution in [1.29, 1.82) is 0 Å². The molecule has 1 amide bonds. The van der Waals surface area contributed by atoms with Gasteiger partial charge in [0.2, 0.25) is 0 Å². The molecule has 2 atom stereocenters. The lowest BCUT2D eigenvalue weighted by Gasteiger charge is -2.51. The van der Waals surface area contributed by atoms with Gasteiger partial charge in [-0.25, -0.2) is 0 Å². The van der Waals surface area contributed by atoms with Crippen LogP contribution >= 0.6 is 0 Å². The number of likely N-dealkylation sites (tertiary alicyclic amines) is 1. The van der Waals surface area contributed by atoms with Gasteiger partial charge in [0.05, 0.1) is 11.1 Å². The molecule has 2 aromatic rings. The molecule has 6 heteroatoms. The molecule has 4 rings (SSSR count). The highest BCUT2D eigenvalue weighted by Gasteiger charge is 2.43. The van der Waals surface area contributed by atoms with Crippen LogP contribution in [0.3, 0.4) is 0 Å². The smallest absolute Gasteiger partial charge is 0.258 e. The Kier molecular flexibility index (Phi) is 3.18. The summed E-state index contributed by atoms with van der Waals surface area (Å²) in [6.45, 7) is 4.56. The molecule has 1 N–H and O–H groups in total. The summed E-state index contributed by atoms with van der Waals surface area (Å²) in [5.74, 6) is 1.66. The largest absolute Gasteiger partial charge is 0.334 e. The van der Waals surface area contributed by atoms with Crippen molar-refractivity contribution in [3.8, 4) is 11.5 Å². The molecule has 114 valence electrons. The minimum absolute atomic E-state index is 0.0522. The van der Waals surface area contributed by atoms with Crippen LogP contribution in [0.5, 0.6) is 0 Å². The number of nitrogens with zero attached hydrogens (tertiary/aromatic N) is 3. The molecule has 2 aliphatic heterocycles. The van der Waals surface area contributed by atoms with Crippen LogP contribution in [0.15, 0.2) is 28.8 Å². The standard InChI is InChI=1S/C16H18N4O2/c1-10-18-15(22-19-10)12-4-2-3-5-13(12)16(21)20-9-11-6-7-17-8-14(11)20/h2-5,11,14,17H,6-9H2,1H3/t11-,14-/m1/s1. The van der Waals surface area contributed by atoms with Gasteiger partial charge in [-0.3, -0.25) is 4.79 Å². The lowest BCUT2D eigenvalue weighted by Crippen LogP contribution is -2.65. The Morgan fingerprint density at radius 2 is 2.27 bits per heavy atom. The second kappa shape index (κ2) is 5.21. The van der Waals surface area contributed by atoms with E-state index in [4.69, 9.17) is 4.52 Å². The van der Waals surface area contributed by atoms with Gasteiger partial charge in [0.25, 0.3) is 11.8 Å². The van der Waals surface area contributed by atoms with E-state index in [0.717, 1.165) is 26.1 Å². The molecule has 6 nitrogen and oxygen atoms in total. The normalized spacial score (nSPS) is 23.8. The Balaban J connectivity index is 1.64. The molecule has 22 heavy (non-hydrogen) atoms. The monoisotopic (exact) mass is 298 g/mol. The molecule has 1 aromatic carbocycles. The maximum Gasteiger partial charge on any atom is 0.258 e. The third-order valence-electron chi connectivity index (χ3n) is 4.60. The summed E-state index contributed by atoms with van der Waals surface area (Å²) in [6.07, 6.45) is 1.15. The first-order chi connectivity index (χ1) is 10.7. The molecule has 1 aromatic heterocycles. The van der Waals surface area contributed by atoms with Gasteiger partial charge >= 0.3 is 0 Å². The van der Waals surface area contributed by atoms with Crippen molar-refractivity contribution in [1.82, 2.24) is 20.4 Å². The molecule has 3 heterocycles. The van der Waals surface area contributed by atoms with Gasteiger partial charge in [-0.05, 0) is 37.9 Å². The fourth-order valence-electron chi connectivity index (χ4n) is 3.37. The Hall–Kier alpha value is -2.21. The highest BCUT2D eigenvalue weighted by atomic mass is 16.5. The van der Waals surface area contributed by atoms with Gasteiger partial charge < -0.3 is 14.7 Å². The Morgan fingerprint density at radius 3 is 3.05 bits per heavy atom. The Bertz CT molecular complexity index is 712. The second-order valence-corrected chi connectivity index (χ2v) is 5.97. The fraction of sp³-hybridized carbons (Fsp3) is 0.438. The molecular weight excluding hydrogens is 280 g/mol. The molecule has 0 aliphatic carbocycles. The van der Waals surface area contributed by atoms with E-state index in [1.807, 2.05) is 29.2 Å². The van der Waals surface area contributed by atoms with Crippen molar-refractivity contribution in [2.24, 2.45) is 5.92 Å². The number of piperidine rings is 1. The topological polar surface area (TPSA) is 71.3 Å². The van der Waals surface area contributed by atoms with Crippen LogP contribution in [0.1, 0.15) is 22.6 Å². The molecule has 0 unspecified atom stereocenters. The number of hydrogen-bond acceptors (Lipinski definition) is 5. The predicted molar refractivity (Wildman–Crippen MR) is 80.3 cm³/mol. The summed E-state index contributed by atoms with van der Waals surface area (Å²) in [5.41, 5.74) is 1.34. The van der Waals surface area contributed by atoms with Crippen LogP contribution in [-0.2, 0) is 0 Å². The van der Waals surface area contributed by atoms with Gasteiger partial charge in [0.15, 0.2) is 5.82 Å². The third-order valence-corrected chi connectivity index (χ3v) is 4.60. The number of carbonyl (C=O) groups excluding carboxylic acids is 1. The van der Waals surface area contributed by atoms with Gasteiger partial charge in [-0.15, -0.1) is 0 Å². The van der Waals surface area contributed by atoms with Crippen molar-refractivity contribution in [2.45, 2.75) is 19.4 Å². The first-order valence-electron chi connectivity index (χ1n) is 7.65. The van der Waals surface area contributed by atoms with Gasteiger partial charge in [0.1, 0.15) is 0 Å². The van der Waals surface area contributed by atoms with E-state index in [9.17, 15) is 4.79 Å². The highest BCUT2D eigenvalue weighted by Crippen LogP contribution is 2.33. The summed E-state index contributed by atoms with van der Waals surface area (Å²) >= 11 is 0. The summed E-state index contributed by atoms with van der Waals surface area (Å²) in [4.78, 5) is 19.1. The number of carbonyl (C=O) groups is 1. The number of hydrogen-bond donors (Lipinski definition) is 1. The van der Waals surface area contributed by atoms with Crippen molar-refractivity contribution < 1.29 is 9.32 Å². The van der Waals surface area contributed by atoms with Crippen LogP contribution in [0, 0.1) is 12.8 Å². The highest BCUT2D eigenvalue weighted by molar-refractivity contribution is 6.00. The number of benzene rings is 1. The van der Waals surface area contributed by atoms with E-state index in [0.29, 0.717) is 34.8 Å². The van der Waals surface area contributed by atoms with E-state index >= 15 is 0 Å². The number of fused-ring (bicyclic) bond motifs is 1. The van der Waals surface area contributed by atoms with Crippen LogP contribution in [0.4, 0.5) is 0 Å². The minimum atomic E-state index is 0.0522. The minimum Gasteiger partial charge on any atom is -0.334 e. The Labute approximate surface area is 128 Å². The van der Waals surface area contributed by atoms with Crippen molar-refractivity contribution in [3.63, 3.8) is 0 Å². The molecule has 0 spiro atoms. The number of nitrogens with one attached hydrogen (secondary N) is 1. The number of aryl methyl sites for hydroxylation is 1.